The minimum absolute atomic E-state index is 0.0139. The molecule has 22 heavy (non-hydrogen) atoms. The van der Waals surface area contributed by atoms with Crippen molar-refractivity contribution < 1.29 is 9.53 Å². The van der Waals surface area contributed by atoms with E-state index in [2.05, 4.69) is 5.32 Å². The second kappa shape index (κ2) is 6.52. The molecule has 4 heteroatoms. The first-order valence-corrected chi connectivity index (χ1v) is 7.58. The predicted octanol–water partition coefficient (Wildman–Crippen LogP) is 2.84. The number of fused-ring (bicyclic) bond motifs is 1. The van der Waals surface area contributed by atoms with Gasteiger partial charge < -0.3 is 15.8 Å². The molecular formula is C18H20N2O2. The number of ether oxygens (including phenoxy) is 1. The number of hydrogen-bond donors (Lipinski definition) is 2. The number of carbonyl (C=O) groups is 1. The van der Waals surface area contributed by atoms with Crippen LogP contribution in [-0.4, -0.2) is 12.5 Å². The molecule has 2 aromatic carbocycles. The van der Waals surface area contributed by atoms with E-state index in [0.29, 0.717) is 18.7 Å². The Bertz CT molecular complexity index is 652. The Morgan fingerprint density at radius 3 is 2.77 bits per heavy atom. The zero-order valence-corrected chi connectivity index (χ0v) is 12.4. The summed E-state index contributed by atoms with van der Waals surface area (Å²) in [7, 11) is 0. The van der Waals surface area contributed by atoms with E-state index in [-0.39, 0.29) is 11.9 Å². The van der Waals surface area contributed by atoms with E-state index < -0.39 is 0 Å². The van der Waals surface area contributed by atoms with E-state index in [9.17, 15) is 4.79 Å². The molecular weight excluding hydrogens is 276 g/mol. The molecule has 0 radical (unpaired) electrons. The van der Waals surface area contributed by atoms with Gasteiger partial charge in [0.2, 0.25) is 5.91 Å². The third-order valence-electron chi connectivity index (χ3n) is 3.87. The molecule has 0 aliphatic carbocycles. The molecule has 1 unspecified atom stereocenters. The van der Waals surface area contributed by atoms with Crippen LogP contribution in [0.5, 0.6) is 5.75 Å². The Morgan fingerprint density at radius 1 is 1.18 bits per heavy atom. The Balaban J connectivity index is 1.69. The summed E-state index contributed by atoms with van der Waals surface area (Å²) < 4.78 is 5.73. The lowest BCUT2D eigenvalue weighted by Crippen LogP contribution is -2.29. The smallest absolute Gasteiger partial charge is 0.224 e. The molecule has 0 saturated heterocycles. The molecule has 0 fully saturated rings. The highest BCUT2D eigenvalue weighted by atomic mass is 16.5. The summed E-state index contributed by atoms with van der Waals surface area (Å²) in [6.45, 7) is 0.696. The maximum atomic E-state index is 12.3. The number of nitrogens with two attached hydrogens (primary N) is 1. The number of carbonyl (C=O) groups excluding carboxylic acids is 1. The topological polar surface area (TPSA) is 64.4 Å². The number of anilines is 1. The lowest BCUT2D eigenvalue weighted by molar-refractivity contribution is -0.121. The van der Waals surface area contributed by atoms with Crippen LogP contribution >= 0.6 is 0 Å². The van der Waals surface area contributed by atoms with Crippen LogP contribution in [0.15, 0.2) is 48.5 Å². The minimum atomic E-state index is 0.0139. The largest absolute Gasteiger partial charge is 0.493 e. The van der Waals surface area contributed by atoms with Gasteiger partial charge in [0.1, 0.15) is 5.75 Å². The fraction of sp³-hybridized carbons (Fsp3) is 0.278. The van der Waals surface area contributed by atoms with E-state index in [1.54, 1.807) is 0 Å². The van der Waals surface area contributed by atoms with Crippen LogP contribution in [0.2, 0.25) is 0 Å². The molecule has 0 bridgehead atoms. The summed E-state index contributed by atoms with van der Waals surface area (Å²) in [5, 5.41) is 3.13. The van der Waals surface area contributed by atoms with Crippen LogP contribution < -0.4 is 15.8 Å². The number of nitrogen functional groups attached to an aromatic ring is 1. The number of benzene rings is 2. The second-order valence-corrected chi connectivity index (χ2v) is 5.57. The SMILES string of the molecule is Nc1ccc(CC(=O)NC2CCCOc3ccccc32)cc1. The Hall–Kier alpha value is -2.49. The molecule has 1 heterocycles. The molecule has 1 aliphatic heterocycles. The van der Waals surface area contributed by atoms with Crippen molar-refractivity contribution in [2.45, 2.75) is 25.3 Å². The first-order chi connectivity index (χ1) is 10.7. The summed E-state index contributed by atoms with van der Waals surface area (Å²) in [5.41, 5.74) is 8.39. The monoisotopic (exact) mass is 296 g/mol. The van der Waals surface area contributed by atoms with Crippen molar-refractivity contribution in [1.82, 2.24) is 5.32 Å². The molecule has 3 rings (SSSR count). The number of hydrogen-bond acceptors (Lipinski definition) is 3. The molecule has 114 valence electrons. The first kappa shape index (κ1) is 14.4. The molecule has 3 N–H and O–H groups in total. The Kier molecular flexibility index (Phi) is 4.28. The van der Waals surface area contributed by atoms with E-state index in [4.69, 9.17) is 10.5 Å². The summed E-state index contributed by atoms with van der Waals surface area (Å²) >= 11 is 0. The highest BCUT2D eigenvalue weighted by Gasteiger charge is 2.21. The molecule has 1 amide bonds. The summed E-state index contributed by atoms with van der Waals surface area (Å²) in [6, 6.07) is 15.3. The predicted molar refractivity (Wildman–Crippen MR) is 86.6 cm³/mol. The summed E-state index contributed by atoms with van der Waals surface area (Å²) in [6.07, 6.45) is 2.19. The second-order valence-electron chi connectivity index (χ2n) is 5.57. The highest BCUT2D eigenvalue weighted by molar-refractivity contribution is 5.79. The van der Waals surface area contributed by atoms with E-state index >= 15 is 0 Å². The third kappa shape index (κ3) is 3.39. The van der Waals surface area contributed by atoms with Gasteiger partial charge in [0.25, 0.3) is 0 Å². The van der Waals surface area contributed by atoms with Crippen LogP contribution in [0, 0.1) is 0 Å². The van der Waals surface area contributed by atoms with Gasteiger partial charge in [-0.3, -0.25) is 4.79 Å². The van der Waals surface area contributed by atoms with Crippen molar-refractivity contribution in [3.63, 3.8) is 0 Å². The summed E-state index contributed by atoms with van der Waals surface area (Å²) in [4.78, 5) is 12.3. The van der Waals surface area contributed by atoms with Crippen LogP contribution in [0.25, 0.3) is 0 Å². The molecule has 0 saturated carbocycles. The van der Waals surface area contributed by atoms with Crippen LogP contribution in [-0.2, 0) is 11.2 Å². The van der Waals surface area contributed by atoms with Gasteiger partial charge in [0, 0.05) is 11.3 Å². The van der Waals surface area contributed by atoms with Crippen molar-refractivity contribution in [2.24, 2.45) is 0 Å². The van der Waals surface area contributed by atoms with Gasteiger partial charge in [-0.2, -0.15) is 0 Å². The maximum Gasteiger partial charge on any atom is 0.224 e. The standard InChI is InChI=1S/C18H20N2O2/c19-14-9-7-13(8-10-14)12-18(21)20-16-5-3-11-22-17-6-2-1-4-15(16)17/h1-2,4,6-10,16H,3,5,11-12,19H2,(H,20,21). The Labute approximate surface area is 130 Å². The van der Waals surface area contributed by atoms with Gasteiger partial charge >= 0.3 is 0 Å². The van der Waals surface area contributed by atoms with Gasteiger partial charge in [-0.25, -0.2) is 0 Å². The molecule has 0 aromatic heterocycles. The van der Waals surface area contributed by atoms with Crippen LogP contribution in [0.4, 0.5) is 5.69 Å². The van der Waals surface area contributed by atoms with Crippen molar-refractivity contribution in [1.29, 1.82) is 0 Å². The number of rotatable bonds is 3. The molecule has 2 aromatic rings. The molecule has 0 spiro atoms. The van der Waals surface area contributed by atoms with Crippen molar-refractivity contribution in [2.75, 3.05) is 12.3 Å². The summed E-state index contributed by atoms with van der Waals surface area (Å²) in [5.74, 6) is 0.893. The zero-order valence-electron chi connectivity index (χ0n) is 12.4. The zero-order chi connectivity index (χ0) is 15.4. The van der Waals surface area contributed by atoms with Crippen molar-refractivity contribution >= 4 is 11.6 Å². The van der Waals surface area contributed by atoms with Crippen molar-refractivity contribution in [3.8, 4) is 5.75 Å². The van der Waals surface area contributed by atoms with E-state index in [1.807, 2.05) is 48.5 Å². The fourth-order valence-electron chi connectivity index (χ4n) is 2.74. The Morgan fingerprint density at radius 2 is 1.95 bits per heavy atom. The van der Waals surface area contributed by atoms with Crippen LogP contribution in [0.3, 0.4) is 0 Å². The maximum absolute atomic E-state index is 12.3. The van der Waals surface area contributed by atoms with Crippen LogP contribution in [0.1, 0.15) is 30.0 Å². The average molecular weight is 296 g/mol. The molecule has 1 aliphatic rings. The van der Waals surface area contributed by atoms with E-state index in [0.717, 1.165) is 29.7 Å². The lowest BCUT2D eigenvalue weighted by atomic mass is 10.0. The quantitative estimate of drug-likeness (QED) is 0.856. The molecule has 1 atom stereocenters. The average Bonchev–Trinajstić information content (AvgIpc) is 2.72. The highest BCUT2D eigenvalue weighted by Crippen LogP contribution is 2.31. The number of nitrogens with one attached hydrogen (secondary N) is 1. The van der Waals surface area contributed by atoms with Gasteiger partial charge in [-0.05, 0) is 36.6 Å². The minimum Gasteiger partial charge on any atom is -0.493 e. The van der Waals surface area contributed by atoms with Crippen molar-refractivity contribution in [3.05, 3.63) is 59.7 Å². The van der Waals surface area contributed by atoms with Gasteiger partial charge in [-0.1, -0.05) is 30.3 Å². The normalized spacial score (nSPS) is 17.0. The lowest BCUT2D eigenvalue weighted by Gasteiger charge is -2.18. The fourth-order valence-corrected chi connectivity index (χ4v) is 2.74. The first-order valence-electron chi connectivity index (χ1n) is 7.58. The van der Waals surface area contributed by atoms with Gasteiger partial charge in [-0.15, -0.1) is 0 Å². The number of para-hydroxylation sites is 1. The van der Waals surface area contributed by atoms with Gasteiger partial charge in [0.05, 0.1) is 19.1 Å². The van der Waals surface area contributed by atoms with Gasteiger partial charge in [0.15, 0.2) is 0 Å². The number of amides is 1. The third-order valence-corrected chi connectivity index (χ3v) is 3.87. The van der Waals surface area contributed by atoms with E-state index in [1.165, 1.54) is 0 Å². The molecule has 4 nitrogen and oxygen atoms in total.